The van der Waals surface area contributed by atoms with Gasteiger partial charge in [-0.1, -0.05) is 23.8 Å². The fourth-order valence-electron chi connectivity index (χ4n) is 5.13. The van der Waals surface area contributed by atoms with Gasteiger partial charge < -0.3 is 19.5 Å². The van der Waals surface area contributed by atoms with Crippen molar-refractivity contribution in [3.8, 4) is 11.5 Å². The molecule has 7 nitrogen and oxygen atoms in total. The third-order valence-corrected chi connectivity index (χ3v) is 7.03. The molecule has 208 valence electrons. The van der Waals surface area contributed by atoms with E-state index in [9.17, 15) is 27.9 Å². The minimum atomic E-state index is -4.79. The van der Waals surface area contributed by atoms with Crippen LogP contribution in [-0.2, 0) is 17.4 Å². The number of anilines is 1. The highest BCUT2D eigenvalue weighted by atomic mass is 19.4. The van der Waals surface area contributed by atoms with Crippen molar-refractivity contribution in [2.24, 2.45) is 0 Å². The number of hydrogen-bond donors (Lipinski definition) is 1. The number of aromatic nitrogens is 1. The fourth-order valence-corrected chi connectivity index (χ4v) is 5.13. The summed E-state index contributed by atoms with van der Waals surface area (Å²) in [5, 5.41) is 9.98. The number of benzene rings is 3. The van der Waals surface area contributed by atoms with E-state index in [1.807, 2.05) is 37.1 Å². The quantitative estimate of drug-likeness (QED) is 0.322. The fraction of sp³-hybridized carbons (Fsp3) is 0.267. The number of nitrogens with zero attached hydrogens (tertiary/aromatic N) is 2. The first-order valence-electron chi connectivity index (χ1n) is 12.6. The summed E-state index contributed by atoms with van der Waals surface area (Å²) in [5.74, 6) is -1.57. The normalized spacial score (nSPS) is 15.1. The van der Waals surface area contributed by atoms with Crippen molar-refractivity contribution in [2.45, 2.75) is 32.5 Å². The summed E-state index contributed by atoms with van der Waals surface area (Å²) in [6, 6.07) is 15.8. The van der Waals surface area contributed by atoms with Crippen molar-refractivity contribution in [1.82, 2.24) is 4.57 Å². The zero-order valence-corrected chi connectivity index (χ0v) is 22.1. The number of halogens is 3. The molecule has 4 aromatic rings. The smallest absolute Gasteiger partial charge is 0.419 e. The number of fused-ring (bicyclic) bond motifs is 2. The topological polar surface area (TPSA) is 81.0 Å². The molecule has 0 fully saturated rings. The number of hydrogen-bond acceptors (Lipinski definition) is 5. The van der Waals surface area contributed by atoms with Gasteiger partial charge in [0.25, 0.3) is 5.91 Å². The van der Waals surface area contributed by atoms with Gasteiger partial charge in [0.2, 0.25) is 0 Å². The molecule has 0 saturated carbocycles. The molecule has 1 N–H and O–H groups in total. The van der Waals surface area contributed by atoms with Gasteiger partial charge in [-0.25, -0.2) is 0 Å². The Hall–Kier alpha value is -4.47. The highest BCUT2D eigenvalue weighted by Gasteiger charge is 2.36. The Balaban J connectivity index is 1.46. The average Bonchev–Trinajstić information content (AvgIpc) is 3.16. The van der Waals surface area contributed by atoms with E-state index in [1.54, 1.807) is 31.2 Å². The van der Waals surface area contributed by atoms with Crippen LogP contribution in [0.5, 0.6) is 11.5 Å². The van der Waals surface area contributed by atoms with E-state index in [-0.39, 0.29) is 18.6 Å². The lowest BCUT2D eigenvalue weighted by molar-refractivity contribution is -0.139. The number of carboxylic acids is 1. The number of carboxylic acid groups (broad SMARTS) is 1. The zero-order chi connectivity index (χ0) is 28.8. The SMILES string of the molecule is Cc1ccc2c(c1)c(CC(=O)O)c(C)n2C(=O)c1ccc(OC[C@@H]2CN(C)c3ccccc3O2)c(C(F)(F)F)c1. The van der Waals surface area contributed by atoms with Crippen molar-refractivity contribution in [1.29, 1.82) is 0 Å². The van der Waals surface area contributed by atoms with Crippen LogP contribution in [0.2, 0.25) is 0 Å². The highest BCUT2D eigenvalue weighted by Crippen LogP contribution is 2.38. The molecule has 0 radical (unpaired) electrons. The lowest BCUT2D eigenvalue weighted by Gasteiger charge is -2.33. The number of aryl methyl sites for hydroxylation is 1. The molecular weight excluding hydrogens is 525 g/mol. The minimum absolute atomic E-state index is 0.131. The molecule has 0 aliphatic carbocycles. The summed E-state index contributed by atoms with van der Waals surface area (Å²) in [4.78, 5) is 27.0. The molecule has 5 rings (SSSR count). The number of ether oxygens (including phenoxy) is 2. The van der Waals surface area contributed by atoms with E-state index in [1.165, 1.54) is 10.6 Å². The first-order valence-corrected chi connectivity index (χ1v) is 12.6. The Kier molecular flexibility index (Phi) is 6.95. The van der Waals surface area contributed by atoms with Crippen LogP contribution >= 0.6 is 0 Å². The van der Waals surface area contributed by atoms with E-state index in [2.05, 4.69) is 0 Å². The monoisotopic (exact) mass is 552 g/mol. The van der Waals surface area contributed by atoms with Crippen LogP contribution in [0.3, 0.4) is 0 Å². The van der Waals surface area contributed by atoms with Gasteiger partial charge in [-0.15, -0.1) is 0 Å². The molecule has 0 unspecified atom stereocenters. The summed E-state index contributed by atoms with van der Waals surface area (Å²) in [6.45, 7) is 3.72. The van der Waals surface area contributed by atoms with Gasteiger partial charge in [0, 0.05) is 23.7 Å². The predicted octanol–water partition coefficient (Wildman–Crippen LogP) is 5.87. The molecule has 2 heterocycles. The standard InChI is InChI=1S/C30H27F3N2O5/c1-17-8-10-24-22(12-17)21(14-28(36)37)18(2)35(24)29(38)19-9-11-26(23(13-19)30(31,32)33)39-16-20-15-34(3)25-6-4-5-7-27(25)40-20/h4-13,20H,14-16H2,1-3H3,(H,36,37)/t20-/m0/s1. The molecule has 40 heavy (non-hydrogen) atoms. The van der Waals surface area contributed by atoms with Crippen LogP contribution in [0.15, 0.2) is 60.7 Å². The number of para-hydroxylation sites is 2. The lowest BCUT2D eigenvalue weighted by Crippen LogP contribution is -2.41. The number of rotatable bonds is 6. The van der Waals surface area contributed by atoms with E-state index in [0.717, 1.165) is 23.4 Å². The Morgan fingerprint density at radius 3 is 2.55 bits per heavy atom. The van der Waals surface area contributed by atoms with Crippen LogP contribution in [0.25, 0.3) is 10.9 Å². The Bertz CT molecular complexity index is 1630. The minimum Gasteiger partial charge on any atom is -0.489 e. The highest BCUT2D eigenvalue weighted by molar-refractivity contribution is 6.05. The molecule has 1 aromatic heterocycles. The van der Waals surface area contributed by atoms with Gasteiger partial charge in [0.05, 0.1) is 29.7 Å². The van der Waals surface area contributed by atoms with Crippen LogP contribution in [-0.4, -0.2) is 47.9 Å². The molecule has 0 amide bonds. The second kappa shape index (κ2) is 10.3. The van der Waals surface area contributed by atoms with Crippen LogP contribution in [0.4, 0.5) is 18.9 Å². The Labute approximate surface area is 228 Å². The Morgan fingerprint density at radius 2 is 1.82 bits per heavy atom. The van der Waals surface area contributed by atoms with E-state index < -0.39 is 35.5 Å². The van der Waals surface area contributed by atoms with Gasteiger partial charge in [0.1, 0.15) is 24.2 Å². The van der Waals surface area contributed by atoms with Crippen molar-refractivity contribution in [2.75, 3.05) is 25.1 Å². The summed E-state index contributed by atoms with van der Waals surface area (Å²) < 4.78 is 55.2. The number of aliphatic carboxylic acids is 1. The van der Waals surface area contributed by atoms with Gasteiger partial charge in [-0.3, -0.25) is 14.2 Å². The maximum atomic E-state index is 14.1. The van der Waals surface area contributed by atoms with Crippen LogP contribution in [0, 0.1) is 13.8 Å². The second-order valence-electron chi connectivity index (χ2n) is 9.90. The Morgan fingerprint density at radius 1 is 1.07 bits per heavy atom. The zero-order valence-electron chi connectivity index (χ0n) is 22.1. The molecule has 10 heteroatoms. The third-order valence-electron chi connectivity index (χ3n) is 7.03. The lowest BCUT2D eigenvalue weighted by atomic mass is 10.1. The summed E-state index contributed by atoms with van der Waals surface area (Å²) in [5.41, 5.74) is 1.68. The number of likely N-dealkylation sites (N-methyl/N-ethyl adjacent to an activating group) is 1. The van der Waals surface area contributed by atoms with Gasteiger partial charge in [-0.05, 0) is 61.9 Å². The van der Waals surface area contributed by atoms with Gasteiger partial charge >= 0.3 is 12.1 Å². The molecule has 1 aliphatic rings. The summed E-state index contributed by atoms with van der Waals surface area (Å²) in [6.07, 6.45) is -5.62. The van der Waals surface area contributed by atoms with E-state index in [4.69, 9.17) is 9.47 Å². The van der Waals surface area contributed by atoms with Crippen LogP contribution < -0.4 is 14.4 Å². The third kappa shape index (κ3) is 5.09. The predicted molar refractivity (Wildman–Crippen MR) is 144 cm³/mol. The molecule has 0 bridgehead atoms. The number of carbonyl (C=O) groups excluding carboxylic acids is 1. The number of carbonyl (C=O) groups is 2. The average molecular weight is 553 g/mol. The second-order valence-corrected chi connectivity index (χ2v) is 9.90. The molecule has 0 saturated heterocycles. The van der Waals surface area contributed by atoms with E-state index in [0.29, 0.717) is 34.5 Å². The maximum absolute atomic E-state index is 14.1. The molecular formula is C30H27F3N2O5. The van der Waals surface area contributed by atoms with Gasteiger partial charge in [-0.2, -0.15) is 13.2 Å². The molecule has 0 spiro atoms. The number of alkyl halides is 3. The van der Waals surface area contributed by atoms with Crippen molar-refractivity contribution >= 4 is 28.5 Å². The maximum Gasteiger partial charge on any atom is 0.419 e. The molecule has 3 aromatic carbocycles. The molecule has 1 aliphatic heterocycles. The van der Waals surface area contributed by atoms with Crippen molar-refractivity contribution in [3.63, 3.8) is 0 Å². The summed E-state index contributed by atoms with van der Waals surface area (Å²) >= 11 is 0. The van der Waals surface area contributed by atoms with Crippen LogP contribution in [0.1, 0.15) is 32.7 Å². The first kappa shape index (κ1) is 27.1. The van der Waals surface area contributed by atoms with Crippen molar-refractivity contribution < 1.29 is 37.3 Å². The van der Waals surface area contributed by atoms with Crippen molar-refractivity contribution in [3.05, 3.63) is 88.6 Å². The summed E-state index contributed by atoms with van der Waals surface area (Å²) in [7, 11) is 1.87. The largest absolute Gasteiger partial charge is 0.489 e. The molecule has 1 atom stereocenters. The van der Waals surface area contributed by atoms with Gasteiger partial charge in [0.15, 0.2) is 0 Å². The first-order chi connectivity index (χ1) is 18.9. The van der Waals surface area contributed by atoms with E-state index >= 15 is 0 Å².